The molecule has 0 unspecified atom stereocenters. The Morgan fingerprint density at radius 3 is 2.72 bits per heavy atom. The number of nitrogens with zero attached hydrogens (tertiary/aromatic N) is 1. The zero-order valence-electron chi connectivity index (χ0n) is 17.2. The lowest BCUT2D eigenvalue weighted by Crippen LogP contribution is -3.13. The zero-order valence-corrected chi connectivity index (χ0v) is 17.2. The molecular formula is C23H29N2O4+. The van der Waals surface area contributed by atoms with Crippen molar-refractivity contribution in [2.24, 2.45) is 0 Å². The van der Waals surface area contributed by atoms with Crippen molar-refractivity contribution in [3.8, 4) is 17.2 Å². The molecule has 0 radical (unpaired) electrons. The zero-order chi connectivity index (χ0) is 20.2. The highest BCUT2D eigenvalue weighted by molar-refractivity contribution is 5.95. The molecule has 2 heterocycles. The average molecular weight is 397 g/mol. The average Bonchev–Trinajstić information content (AvgIpc) is 3.22. The van der Waals surface area contributed by atoms with Crippen molar-refractivity contribution < 1.29 is 23.9 Å². The lowest BCUT2D eigenvalue weighted by Gasteiger charge is -2.32. The molecule has 0 atom stereocenters. The Bertz CT molecular complexity index is 875. The number of benzene rings is 2. The molecule has 0 bridgehead atoms. The van der Waals surface area contributed by atoms with E-state index < -0.39 is 0 Å². The van der Waals surface area contributed by atoms with Crippen molar-refractivity contribution in [3.63, 3.8) is 0 Å². The summed E-state index contributed by atoms with van der Waals surface area (Å²) in [6.45, 7) is 7.70. The third-order valence-corrected chi connectivity index (χ3v) is 5.68. The SMILES string of the molecule is CCOc1ccc(C(=O)N2CC[NH+](Cc3ccc4c(c3)CCO4)CC2)cc1OC. The lowest BCUT2D eigenvalue weighted by molar-refractivity contribution is -0.917. The largest absolute Gasteiger partial charge is 0.493 e. The highest BCUT2D eigenvalue weighted by Crippen LogP contribution is 2.28. The van der Waals surface area contributed by atoms with Gasteiger partial charge in [0.25, 0.3) is 5.91 Å². The quantitative estimate of drug-likeness (QED) is 0.804. The van der Waals surface area contributed by atoms with E-state index in [0.717, 1.165) is 51.5 Å². The number of fused-ring (bicyclic) bond motifs is 1. The molecule has 1 saturated heterocycles. The molecule has 2 aliphatic rings. The van der Waals surface area contributed by atoms with Crippen LogP contribution in [0.4, 0.5) is 0 Å². The van der Waals surface area contributed by atoms with E-state index in [1.165, 1.54) is 16.0 Å². The van der Waals surface area contributed by atoms with E-state index in [4.69, 9.17) is 14.2 Å². The van der Waals surface area contributed by atoms with Crippen LogP contribution < -0.4 is 19.1 Å². The monoisotopic (exact) mass is 397 g/mol. The van der Waals surface area contributed by atoms with Crippen molar-refractivity contribution in [1.29, 1.82) is 0 Å². The van der Waals surface area contributed by atoms with Gasteiger partial charge in [-0.15, -0.1) is 0 Å². The molecule has 6 nitrogen and oxygen atoms in total. The molecule has 154 valence electrons. The molecule has 2 aliphatic heterocycles. The number of piperazine rings is 1. The summed E-state index contributed by atoms with van der Waals surface area (Å²) in [6, 6.07) is 12.0. The molecule has 1 amide bonds. The minimum absolute atomic E-state index is 0.0556. The first kappa shape index (κ1) is 19.6. The molecule has 1 N–H and O–H groups in total. The number of carbonyl (C=O) groups is 1. The number of rotatable bonds is 6. The molecule has 0 aliphatic carbocycles. The van der Waals surface area contributed by atoms with E-state index in [9.17, 15) is 4.79 Å². The van der Waals surface area contributed by atoms with Crippen molar-refractivity contribution in [1.82, 2.24) is 4.90 Å². The fourth-order valence-corrected chi connectivity index (χ4v) is 4.10. The summed E-state index contributed by atoms with van der Waals surface area (Å²) in [5.74, 6) is 2.35. The molecule has 2 aromatic rings. The Kier molecular flexibility index (Phi) is 5.90. The van der Waals surface area contributed by atoms with E-state index in [0.29, 0.717) is 23.7 Å². The van der Waals surface area contributed by atoms with Gasteiger partial charge in [-0.25, -0.2) is 0 Å². The normalized spacial score (nSPS) is 16.3. The predicted molar refractivity (Wildman–Crippen MR) is 110 cm³/mol. The Balaban J connectivity index is 1.35. The van der Waals surface area contributed by atoms with Gasteiger partial charge >= 0.3 is 0 Å². The Morgan fingerprint density at radius 2 is 1.97 bits per heavy atom. The first-order valence-electron chi connectivity index (χ1n) is 10.4. The van der Waals surface area contributed by atoms with Crippen molar-refractivity contribution in [2.45, 2.75) is 19.9 Å². The smallest absolute Gasteiger partial charge is 0.254 e. The molecule has 0 saturated carbocycles. The molecule has 29 heavy (non-hydrogen) atoms. The maximum atomic E-state index is 12.9. The van der Waals surface area contributed by atoms with E-state index >= 15 is 0 Å². The van der Waals surface area contributed by atoms with Crippen LogP contribution in [0, 0.1) is 0 Å². The summed E-state index contributed by atoms with van der Waals surface area (Å²) in [4.78, 5) is 16.4. The number of amides is 1. The summed E-state index contributed by atoms with van der Waals surface area (Å²) in [6.07, 6.45) is 1.01. The second-order valence-electron chi connectivity index (χ2n) is 7.56. The van der Waals surface area contributed by atoms with Gasteiger partial charge < -0.3 is 24.0 Å². The van der Waals surface area contributed by atoms with Gasteiger partial charge in [0.1, 0.15) is 12.3 Å². The van der Waals surface area contributed by atoms with Crippen LogP contribution in [-0.4, -0.2) is 57.3 Å². The van der Waals surface area contributed by atoms with Gasteiger partial charge in [-0.3, -0.25) is 4.79 Å². The predicted octanol–water partition coefficient (Wildman–Crippen LogP) is 1.57. The fourth-order valence-electron chi connectivity index (χ4n) is 4.10. The topological polar surface area (TPSA) is 52.4 Å². The summed E-state index contributed by atoms with van der Waals surface area (Å²) >= 11 is 0. The van der Waals surface area contributed by atoms with Crippen LogP contribution in [0.25, 0.3) is 0 Å². The van der Waals surface area contributed by atoms with Gasteiger partial charge in [-0.1, -0.05) is 0 Å². The third kappa shape index (κ3) is 4.32. The Morgan fingerprint density at radius 1 is 1.14 bits per heavy atom. The van der Waals surface area contributed by atoms with Crippen LogP contribution in [-0.2, 0) is 13.0 Å². The fraction of sp³-hybridized carbons (Fsp3) is 0.435. The standard InChI is InChI=1S/C23H28N2O4/c1-3-28-21-7-5-19(15-22(21)27-2)23(26)25-11-9-24(10-12-25)16-17-4-6-20-18(14-17)8-13-29-20/h4-7,14-15H,3,8-13,16H2,1-2H3/p+1. The second kappa shape index (κ2) is 8.74. The van der Waals surface area contributed by atoms with Crippen molar-refractivity contribution >= 4 is 5.91 Å². The first-order valence-corrected chi connectivity index (χ1v) is 10.4. The van der Waals surface area contributed by atoms with E-state index in [1.807, 2.05) is 24.0 Å². The molecule has 4 rings (SSSR count). The van der Waals surface area contributed by atoms with Crippen LogP contribution in [0.3, 0.4) is 0 Å². The van der Waals surface area contributed by atoms with E-state index in [2.05, 4.69) is 18.2 Å². The maximum absolute atomic E-state index is 12.9. The Hall–Kier alpha value is -2.73. The number of methoxy groups -OCH3 is 1. The summed E-state index contributed by atoms with van der Waals surface area (Å²) in [7, 11) is 1.60. The number of hydrogen-bond acceptors (Lipinski definition) is 4. The van der Waals surface area contributed by atoms with Crippen LogP contribution in [0.1, 0.15) is 28.4 Å². The summed E-state index contributed by atoms with van der Waals surface area (Å²) in [5.41, 5.74) is 3.31. The molecule has 0 aromatic heterocycles. The van der Waals surface area contributed by atoms with Crippen LogP contribution in [0.15, 0.2) is 36.4 Å². The second-order valence-corrected chi connectivity index (χ2v) is 7.56. The lowest BCUT2D eigenvalue weighted by atomic mass is 10.1. The number of hydrogen-bond donors (Lipinski definition) is 1. The number of nitrogens with one attached hydrogen (secondary N) is 1. The van der Waals surface area contributed by atoms with Gasteiger partial charge in [-0.05, 0) is 48.9 Å². The molecule has 1 fully saturated rings. The minimum Gasteiger partial charge on any atom is -0.493 e. The van der Waals surface area contributed by atoms with Crippen LogP contribution in [0.5, 0.6) is 17.2 Å². The first-order chi connectivity index (χ1) is 14.2. The number of carbonyl (C=O) groups excluding carboxylic acids is 1. The van der Waals surface area contributed by atoms with E-state index in [1.54, 1.807) is 13.2 Å². The number of ether oxygens (including phenoxy) is 3. The molecular weight excluding hydrogens is 368 g/mol. The Labute approximate surface area is 172 Å². The summed E-state index contributed by atoms with van der Waals surface area (Å²) in [5, 5.41) is 0. The third-order valence-electron chi connectivity index (χ3n) is 5.68. The van der Waals surface area contributed by atoms with Gasteiger partial charge in [-0.2, -0.15) is 0 Å². The van der Waals surface area contributed by atoms with Gasteiger partial charge in [0.05, 0.1) is 46.5 Å². The highest BCUT2D eigenvalue weighted by atomic mass is 16.5. The molecule has 0 spiro atoms. The van der Waals surface area contributed by atoms with Crippen molar-refractivity contribution in [2.75, 3.05) is 46.5 Å². The van der Waals surface area contributed by atoms with Crippen LogP contribution in [0.2, 0.25) is 0 Å². The minimum atomic E-state index is 0.0556. The van der Waals surface area contributed by atoms with Crippen LogP contribution >= 0.6 is 0 Å². The highest BCUT2D eigenvalue weighted by Gasteiger charge is 2.25. The number of quaternary nitrogens is 1. The van der Waals surface area contributed by atoms with E-state index in [-0.39, 0.29) is 5.91 Å². The van der Waals surface area contributed by atoms with Gasteiger partial charge in [0, 0.05) is 17.5 Å². The maximum Gasteiger partial charge on any atom is 0.254 e. The summed E-state index contributed by atoms with van der Waals surface area (Å²) < 4.78 is 16.5. The van der Waals surface area contributed by atoms with Gasteiger partial charge in [0.15, 0.2) is 11.5 Å². The van der Waals surface area contributed by atoms with Crippen molar-refractivity contribution in [3.05, 3.63) is 53.1 Å². The molecule has 2 aromatic carbocycles. The van der Waals surface area contributed by atoms with Gasteiger partial charge in [0.2, 0.25) is 0 Å². The molecule has 6 heteroatoms.